The molecule has 18 heavy (non-hydrogen) atoms. The Kier molecular flexibility index (Phi) is 4.48. The van der Waals surface area contributed by atoms with Gasteiger partial charge in [-0.3, -0.25) is 0 Å². The Morgan fingerprint density at radius 3 is 2.17 bits per heavy atom. The van der Waals surface area contributed by atoms with Crippen molar-refractivity contribution in [1.29, 1.82) is 0 Å². The molecule has 1 aromatic carbocycles. The Bertz CT molecular complexity index is 353. The summed E-state index contributed by atoms with van der Waals surface area (Å²) in [4.78, 5) is 0. The standard InChI is InChI=1S/C15H22O3/c1-11-3-5-12(6-4-11)15(16)18-14-9-7-13(17-2)8-10-14/h7-12,15-16H,3-6H2,1-2H3. The zero-order valence-electron chi connectivity index (χ0n) is 11.1. The van der Waals surface area contributed by atoms with Crippen molar-refractivity contribution < 1.29 is 14.6 Å². The van der Waals surface area contributed by atoms with Crippen LogP contribution in [0.5, 0.6) is 11.5 Å². The van der Waals surface area contributed by atoms with Crippen molar-refractivity contribution in [3.8, 4) is 11.5 Å². The number of benzene rings is 1. The summed E-state index contributed by atoms with van der Waals surface area (Å²) in [5, 5.41) is 10.1. The van der Waals surface area contributed by atoms with Crippen LogP contribution in [0.25, 0.3) is 0 Å². The molecule has 0 amide bonds. The Hall–Kier alpha value is -1.22. The lowest BCUT2D eigenvalue weighted by atomic mass is 9.83. The molecule has 0 heterocycles. The quantitative estimate of drug-likeness (QED) is 0.834. The maximum absolute atomic E-state index is 10.1. The van der Waals surface area contributed by atoms with Gasteiger partial charge in [0.05, 0.1) is 7.11 Å². The maximum Gasteiger partial charge on any atom is 0.200 e. The highest BCUT2D eigenvalue weighted by atomic mass is 16.6. The molecule has 1 aliphatic rings. The van der Waals surface area contributed by atoms with Crippen molar-refractivity contribution in [2.45, 2.75) is 38.9 Å². The minimum Gasteiger partial charge on any atom is -0.497 e. The summed E-state index contributed by atoms with van der Waals surface area (Å²) in [6.07, 6.45) is 3.80. The van der Waals surface area contributed by atoms with E-state index in [9.17, 15) is 5.11 Å². The van der Waals surface area contributed by atoms with Crippen molar-refractivity contribution in [3.63, 3.8) is 0 Å². The second-order valence-electron chi connectivity index (χ2n) is 5.20. The molecule has 0 bridgehead atoms. The van der Waals surface area contributed by atoms with Gasteiger partial charge in [-0.05, 0) is 43.0 Å². The highest BCUT2D eigenvalue weighted by Crippen LogP contribution is 2.31. The summed E-state index contributed by atoms with van der Waals surface area (Å²) in [5.74, 6) is 2.54. The van der Waals surface area contributed by atoms with Gasteiger partial charge in [-0.15, -0.1) is 0 Å². The Labute approximate surface area is 109 Å². The van der Waals surface area contributed by atoms with Crippen LogP contribution in [0.4, 0.5) is 0 Å². The molecule has 1 N–H and O–H groups in total. The van der Waals surface area contributed by atoms with Crippen molar-refractivity contribution in [1.82, 2.24) is 0 Å². The lowest BCUT2D eigenvalue weighted by molar-refractivity contribution is -0.0752. The van der Waals surface area contributed by atoms with Gasteiger partial charge in [0.1, 0.15) is 11.5 Å². The first-order valence-electron chi connectivity index (χ1n) is 6.68. The third-order valence-electron chi connectivity index (χ3n) is 3.78. The SMILES string of the molecule is COc1ccc(OC(O)C2CCC(C)CC2)cc1. The first-order chi connectivity index (χ1) is 8.69. The predicted molar refractivity (Wildman–Crippen MR) is 70.8 cm³/mol. The summed E-state index contributed by atoms with van der Waals surface area (Å²) < 4.78 is 10.7. The number of hydrogen-bond donors (Lipinski definition) is 1. The lowest BCUT2D eigenvalue weighted by Crippen LogP contribution is -2.29. The van der Waals surface area contributed by atoms with Gasteiger partial charge >= 0.3 is 0 Å². The molecule has 1 aromatic rings. The van der Waals surface area contributed by atoms with E-state index < -0.39 is 6.29 Å². The van der Waals surface area contributed by atoms with E-state index in [1.165, 1.54) is 12.8 Å². The molecular weight excluding hydrogens is 228 g/mol. The first-order valence-corrected chi connectivity index (χ1v) is 6.68. The van der Waals surface area contributed by atoms with E-state index in [0.29, 0.717) is 5.75 Å². The van der Waals surface area contributed by atoms with Crippen molar-refractivity contribution in [2.24, 2.45) is 11.8 Å². The van der Waals surface area contributed by atoms with Crippen LogP contribution < -0.4 is 9.47 Å². The topological polar surface area (TPSA) is 38.7 Å². The molecule has 1 saturated carbocycles. The fraction of sp³-hybridized carbons (Fsp3) is 0.600. The molecule has 1 fully saturated rings. The number of ether oxygens (including phenoxy) is 2. The Morgan fingerprint density at radius 2 is 1.61 bits per heavy atom. The van der Waals surface area contributed by atoms with Crippen molar-refractivity contribution in [3.05, 3.63) is 24.3 Å². The predicted octanol–water partition coefficient (Wildman–Crippen LogP) is 3.22. The molecule has 3 nitrogen and oxygen atoms in total. The third kappa shape index (κ3) is 3.39. The van der Waals surface area contributed by atoms with Crippen LogP contribution in [0.15, 0.2) is 24.3 Å². The maximum atomic E-state index is 10.1. The zero-order chi connectivity index (χ0) is 13.0. The van der Waals surface area contributed by atoms with Crippen LogP contribution >= 0.6 is 0 Å². The van der Waals surface area contributed by atoms with Gasteiger partial charge in [0.25, 0.3) is 0 Å². The monoisotopic (exact) mass is 250 g/mol. The van der Waals surface area contributed by atoms with Gasteiger partial charge in [-0.25, -0.2) is 0 Å². The highest BCUT2D eigenvalue weighted by Gasteiger charge is 2.25. The molecule has 2 rings (SSSR count). The summed E-state index contributed by atoms with van der Waals surface area (Å²) in [5.41, 5.74) is 0. The molecule has 0 radical (unpaired) electrons. The van der Waals surface area contributed by atoms with E-state index in [0.717, 1.165) is 24.5 Å². The van der Waals surface area contributed by atoms with Crippen LogP contribution in [0, 0.1) is 11.8 Å². The molecule has 1 atom stereocenters. The largest absolute Gasteiger partial charge is 0.497 e. The van der Waals surface area contributed by atoms with Gasteiger partial charge < -0.3 is 14.6 Å². The molecule has 0 spiro atoms. The lowest BCUT2D eigenvalue weighted by Gasteiger charge is -2.29. The number of rotatable bonds is 4. The molecule has 1 unspecified atom stereocenters. The van der Waals surface area contributed by atoms with Crippen molar-refractivity contribution >= 4 is 0 Å². The fourth-order valence-corrected chi connectivity index (χ4v) is 2.46. The number of aliphatic hydroxyl groups excluding tert-OH is 1. The van der Waals surface area contributed by atoms with E-state index in [2.05, 4.69) is 6.92 Å². The van der Waals surface area contributed by atoms with Crippen LogP contribution in [-0.4, -0.2) is 18.5 Å². The molecule has 3 heteroatoms. The Morgan fingerprint density at radius 1 is 1.06 bits per heavy atom. The molecule has 0 saturated heterocycles. The molecule has 100 valence electrons. The second kappa shape index (κ2) is 6.10. The molecule has 1 aliphatic carbocycles. The average molecular weight is 250 g/mol. The van der Waals surface area contributed by atoms with Crippen LogP contribution in [0.1, 0.15) is 32.6 Å². The summed E-state index contributed by atoms with van der Waals surface area (Å²) in [6, 6.07) is 7.33. The van der Waals surface area contributed by atoms with E-state index in [4.69, 9.17) is 9.47 Å². The molecule has 0 aliphatic heterocycles. The number of hydrogen-bond acceptors (Lipinski definition) is 3. The van der Waals surface area contributed by atoms with E-state index in [-0.39, 0.29) is 5.92 Å². The number of aliphatic hydroxyl groups is 1. The third-order valence-corrected chi connectivity index (χ3v) is 3.78. The van der Waals surface area contributed by atoms with Gasteiger partial charge in [0.15, 0.2) is 6.29 Å². The Balaban J connectivity index is 1.87. The smallest absolute Gasteiger partial charge is 0.200 e. The van der Waals surface area contributed by atoms with Crippen LogP contribution in [0.3, 0.4) is 0 Å². The first kappa shape index (κ1) is 13.2. The van der Waals surface area contributed by atoms with Gasteiger partial charge in [-0.1, -0.05) is 19.8 Å². The van der Waals surface area contributed by atoms with E-state index >= 15 is 0 Å². The van der Waals surface area contributed by atoms with Gasteiger partial charge in [0, 0.05) is 5.92 Å². The average Bonchev–Trinajstić information content (AvgIpc) is 2.40. The van der Waals surface area contributed by atoms with Crippen LogP contribution in [-0.2, 0) is 0 Å². The minimum absolute atomic E-state index is 0.267. The summed E-state index contributed by atoms with van der Waals surface area (Å²) in [7, 11) is 1.63. The van der Waals surface area contributed by atoms with Gasteiger partial charge in [-0.2, -0.15) is 0 Å². The van der Waals surface area contributed by atoms with E-state index in [1.807, 2.05) is 24.3 Å². The zero-order valence-corrected chi connectivity index (χ0v) is 11.1. The summed E-state index contributed by atoms with van der Waals surface area (Å²) in [6.45, 7) is 2.27. The molecule has 0 aromatic heterocycles. The fourth-order valence-electron chi connectivity index (χ4n) is 2.46. The molecular formula is C15H22O3. The van der Waals surface area contributed by atoms with E-state index in [1.54, 1.807) is 7.11 Å². The number of methoxy groups -OCH3 is 1. The summed E-state index contributed by atoms with van der Waals surface area (Å²) >= 11 is 0. The van der Waals surface area contributed by atoms with Gasteiger partial charge in [0.2, 0.25) is 0 Å². The normalized spacial score (nSPS) is 25.5. The van der Waals surface area contributed by atoms with Crippen molar-refractivity contribution in [2.75, 3.05) is 7.11 Å². The minimum atomic E-state index is -0.689. The highest BCUT2D eigenvalue weighted by molar-refractivity contribution is 5.31. The second-order valence-corrected chi connectivity index (χ2v) is 5.20. The van der Waals surface area contributed by atoms with Crippen LogP contribution in [0.2, 0.25) is 0 Å².